The molecule has 0 spiro atoms. The maximum absolute atomic E-state index is 12.1. The molecular formula is C15H24N2O4S. The van der Waals surface area contributed by atoms with Crippen molar-refractivity contribution in [3.05, 3.63) is 24.3 Å². The van der Waals surface area contributed by atoms with Crippen molar-refractivity contribution >= 4 is 15.9 Å². The van der Waals surface area contributed by atoms with Gasteiger partial charge in [-0.15, -0.1) is 0 Å². The van der Waals surface area contributed by atoms with Crippen LogP contribution < -0.4 is 14.8 Å². The molecule has 0 saturated heterocycles. The summed E-state index contributed by atoms with van der Waals surface area (Å²) in [6.45, 7) is 8.16. The minimum absolute atomic E-state index is 0.118. The Bertz CT molecular complexity index is 589. The Morgan fingerprint density at radius 1 is 1.14 bits per heavy atom. The molecule has 6 nitrogen and oxygen atoms in total. The van der Waals surface area contributed by atoms with Gasteiger partial charge in [-0.3, -0.25) is 4.79 Å². The zero-order valence-electron chi connectivity index (χ0n) is 13.5. The average molecular weight is 328 g/mol. The molecule has 0 fully saturated rings. The van der Waals surface area contributed by atoms with Crippen LogP contribution in [0.5, 0.6) is 5.75 Å². The molecule has 0 heterocycles. The Labute approximate surface area is 132 Å². The molecular weight excluding hydrogens is 304 g/mol. The summed E-state index contributed by atoms with van der Waals surface area (Å²) in [5.41, 5.74) is -0.492. The van der Waals surface area contributed by atoms with E-state index in [1.54, 1.807) is 32.9 Å². The lowest BCUT2D eigenvalue weighted by atomic mass is 9.96. The number of carbonyl (C=O) groups is 1. The first-order chi connectivity index (χ1) is 10.2. The van der Waals surface area contributed by atoms with E-state index in [1.165, 1.54) is 12.1 Å². The van der Waals surface area contributed by atoms with Crippen molar-refractivity contribution < 1.29 is 17.9 Å². The topological polar surface area (TPSA) is 84.5 Å². The van der Waals surface area contributed by atoms with Crippen molar-refractivity contribution in [1.82, 2.24) is 10.0 Å². The highest BCUT2D eigenvalue weighted by atomic mass is 32.2. The van der Waals surface area contributed by atoms with E-state index >= 15 is 0 Å². The van der Waals surface area contributed by atoms with Crippen LogP contribution in [0.25, 0.3) is 0 Å². The first kappa shape index (κ1) is 18.4. The first-order valence-electron chi connectivity index (χ1n) is 7.17. The highest BCUT2D eigenvalue weighted by molar-refractivity contribution is 7.89. The molecule has 22 heavy (non-hydrogen) atoms. The highest BCUT2D eigenvalue weighted by Gasteiger charge is 2.20. The van der Waals surface area contributed by atoms with Crippen LogP contribution in [0.15, 0.2) is 29.2 Å². The predicted octanol–water partition coefficient (Wildman–Crippen LogP) is 1.53. The predicted molar refractivity (Wildman–Crippen MR) is 85.3 cm³/mol. The average Bonchev–Trinajstić information content (AvgIpc) is 2.43. The van der Waals surface area contributed by atoms with E-state index in [0.717, 1.165) is 0 Å². The lowest BCUT2D eigenvalue weighted by Gasteiger charge is -2.17. The lowest BCUT2D eigenvalue weighted by Crippen LogP contribution is -2.39. The molecule has 0 unspecified atom stereocenters. The van der Waals surface area contributed by atoms with Gasteiger partial charge >= 0.3 is 0 Å². The fourth-order valence-corrected chi connectivity index (χ4v) is 2.62. The Balaban J connectivity index is 2.52. The maximum atomic E-state index is 12.1. The van der Waals surface area contributed by atoms with E-state index in [1.807, 2.05) is 6.92 Å². The third-order valence-electron chi connectivity index (χ3n) is 2.83. The summed E-state index contributed by atoms with van der Waals surface area (Å²) >= 11 is 0. The number of sulfonamides is 1. The van der Waals surface area contributed by atoms with Crippen molar-refractivity contribution in [1.29, 1.82) is 0 Å². The zero-order valence-corrected chi connectivity index (χ0v) is 14.3. The number of ether oxygens (including phenoxy) is 1. The minimum Gasteiger partial charge on any atom is -0.494 e. The normalized spacial score (nSPS) is 12.0. The molecule has 0 aliphatic carbocycles. The van der Waals surface area contributed by atoms with Gasteiger partial charge in [0.15, 0.2) is 0 Å². The molecule has 124 valence electrons. The second kappa shape index (κ2) is 7.60. The zero-order chi connectivity index (χ0) is 16.8. The van der Waals surface area contributed by atoms with Gasteiger partial charge in [-0.1, -0.05) is 20.8 Å². The van der Waals surface area contributed by atoms with Crippen molar-refractivity contribution in [2.24, 2.45) is 5.41 Å². The van der Waals surface area contributed by atoms with Gasteiger partial charge in [0.1, 0.15) is 5.75 Å². The second-order valence-electron chi connectivity index (χ2n) is 5.81. The van der Waals surface area contributed by atoms with Gasteiger partial charge in [-0.05, 0) is 31.2 Å². The summed E-state index contributed by atoms with van der Waals surface area (Å²) < 4.78 is 31.9. The van der Waals surface area contributed by atoms with Crippen LogP contribution >= 0.6 is 0 Å². The molecule has 1 aromatic carbocycles. The Hall–Kier alpha value is -1.60. The number of hydrogen-bond donors (Lipinski definition) is 2. The SMILES string of the molecule is CCOc1ccc(S(=O)(=O)NCCNC(=O)C(C)(C)C)cc1. The van der Waals surface area contributed by atoms with Crippen LogP contribution in [-0.2, 0) is 14.8 Å². The third kappa shape index (κ3) is 5.65. The summed E-state index contributed by atoms with van der Waals surface area (Å²) in [5, 5.41) is 2.69. The highest BCUT2D eigenvalue weighted by Crippen LogP contribution is 2.15. The largest absolute Gasteiger partial charge is 0.494 e. The smallest absolute Gasteiger partial charge is 0.240 e. The van der Waals surface area contributed by atoms with Gasteiger partial charge in [-0.25, -0.2) is 13.1 Å². The standard InChI is InChI=1S/C15H24N2O4S/c1-5-21-12-6-8-13(9-7-12)22(19,20)17-11-10-16-14(18)15(2,3)4/h6-9,17H,5,10-11H2,1-4H3,(H,16,18). The fraction of sp³-hybridized carbons (Fsp3) is 0.533. The van der Waals surface area contributed by atoms with Gasteiger partial charge in [0.25, 0.3) is 0 Å². The third-order valence-corrected chi connectivity index (χ3v) is 4.31. The van der Waals surface area contributed by atoms with E-state index in [0.29, 0.717) is 12.4 Å². The number of hydrogen-bond acceptors (Lipinski definition) is 4. The van der Waals surface area contributed by atoms with Crippen LogP contribution in [0, 0.1) is 5.41 Å². The number of amides is 1. The number of nitrogens with one attached hydrogen (secondary N) is 2. The van der Waals surface area contributed by atoms with Crippen molar-refractivity contribution in [2.75, 3.05) is 19.7 Å². The molecule has 0 bridgehead atoms. The molecule has 0 aromatic heterocycles. The summed E-state index contributed by atoms with van der Waals surface area (Å²) in [5.74, 6) is 0.506. The summed E-state index contributed by atoms with van der Waals surface area (Å²) in [6.07, 6.45) is 0. The Morgan fingerprint density at radius 2 is 1.73 bits per heavy atom. The van der Waals surface area contributed by atoms with Crippen molar-refractivity contribution in [2.45, 2.75) is 32.6 Å². The van der Waals surface area contributed by atoms with Crippen LogP contribution in [0.1, 0.15) is 27.7 Å². The van der Waals surface area contributed by atoms with Gasteiger partial charge in [0.2, 0.25) is 15.9 Å². The van der Waals surface area contributed by atoms with Gasteiger partial charge < -0.3 is 10.1 Å². The van der Waals surface area contributed by atoms with Gasteiger partial charge in [0, 0.05) is 18.5 Å². The van der Waals surface area contributed by atoms with E-state index < -0.39 is 15.4 Å². The maximum Gasteiger partial charge on any atom is 0.240 e. The van der Waals surface area contributed by atoms with Gasteiger partial charge in [0.05, 0.1) is 11.5 Å². The second-order valence-corrected chi connectivity index (χ2v) is 7.58. The molecule has 0 radical (unpaired) electrons. The number of benzene rings is 1. The molecule has 0 aliphatic heterocycles. The molecule has 7 heteroatoms. The molecule has 1 rings (SSSR count). The van der Waals surface area contributed by atoms with Crippen LogP contribution in [0.3, 0.4) is 0 Å². The summed E-state index contributed by atoms with van der Waals surface area (Å²) in [4.78, 5) is 11.8. The quantitative estimate of drug-likeness (QED) is 0.743. The van der Waals surface area contributed by atoms with Gasteiger partial charge in [-0.2, -0.15) is 0 Å². The molecule has 0 atom stereocenters. The molecule has 2 N–H and O–H groups in total. The first-order valence-corrected chi connectivity index (χ1v) is 8.66. The van der Waals surface area contributed by atoms with Crippen molar-refractivity contribution in [3.63, 3.8) is 0 Å². The fourth-order valence-electron chi connectivity index (χ4n) is 1.59. The van der Waals surface area contributed by atoms with Crippen LogP contribution in [0.4, 0.5) is 0 Å². The summed E-state index contributed by atoms with van der Waals surface area (Å²) in [6, 6.07) is 6.20. The van der Waals surface area contributed by atoms with E-state index in [9.17, 15) is 13.2 Å². The molecule has 1 amide bonds. The number of carbonyl (C=O) groups excluding carboxylic acids is 1. The van der Waals surface area contributed by atoms with E-state index in [4.69, 9.17) is 4.74 Å². The molecule has 0 aliphatic rings. The molecule has 0 saturated carbocycles. The van der Waals surface area contributed by atoms with E-state index in [-0.39, 0.29) is 23.9 Å². The van der Waals surface area contributed by atoms with Crippen molar-refractivity contribution in [3.8, 4) is 5.75 Å². The lowest BCUT2D eigenvalue weighted by molar-refractivity contribution is -0.128. The minimum atomic E-state index is -3.58. The Morgan fingerprint density at radius 3 is 2.23 bits per heavy atom. The molecule has 1 aromatic rings. The number of rotatable bonds is 7. The van der Waals surface area contributed by atoms with E-state index in [2.05, 4.69) is 10.0 Å². The van der Waals surface area contributed by atoms with Crippen LogP contribution in [-0.4, -0.2) is 34.0 Å². The Kier molecular flexibility index (Phi) is 6.37. The summed E-state index contributed by atoms with van der Waals surface area (Å²) in [7, 11) is -3.58. The monoisotopic (exact) mass is 328 g/mol. The van der Waals surface area contributed by atoms with Crippen LogP contribution in [0.2, 0.25) is 0 Å².